The van der Waals surface area contributed by atoms with Gasteiger partial charge in [-0.15, -0.1) is 31.4 Å². The lowest BCUT2D eigenvalue weighted by molar-refractivity contribution is 0.172. The zero-order valence-electron chi connectivity index (χ0n) is 11.8. The Morgan fingerprint density at radius 2 is 1.90 bits per heavy atom. The van der Waals surface area contributed by atoms with Crippen LogP contribution in [0.5, 0.6) is 0 Å². The second kappa shape index (κ2) is 9.64. The van der Waals surface area contributed by atoms with E-state index in [0.717, 1.165) is 37.6 Å². The van der Waals surface area contributed by atoms with Gasteiger partial charge in [-0.1, -0.05) is 35.4 Å². The number of benzene rings is 1. The van der Waals surface area contributed by atoms with E-state index in [1.165, 1.54) is 11.1 Å². The molecule has 1 aromatic rings. The summed E-state index contributed by atoms with van der Waals surface area (Å²) in [6.07, 6.45) is 0.976. The van der Waals surface area contributed by atoms with Crippen LogP contribution in [0.1, 0.15) is 24.9 Å². The molecule has 1 heterocycles. The molecule has 1 aliphatic heterocycles. The van der Waals surface area contributed by atoms with Crippen molar-refractivity contribution >= 4 is 36.4 Å². The summed E-state index contributed by atoms with van der Waals surface area (Å²) in [4.78, 5) is 2.51. The number of nitrogens with one attached hydrogen (secondary N) is 1. The number of hydrogen-bond acceptors (Lipinski definition) is 2. The normalized spacial score (nSPS) is 16.7. The smallest absolute Gasteiger partial charge is 0.0453 e. The number of hydrogen-bond donors (Lipinski definition) is 1. The van der Waals surface area contributed by atoms with Crippen LogP contribution in [0.2, 0.25) is 5.02 Å². The molecule has 0 aliphatic carbocycles. The van der Waals surface area contributed by atoms with E-state index in [1.54, 1.807) is 0 Å². The largest absolute Gasteiger partial charge is 0.314 e. The lowest BCUT2D eigenvalue weighted by atomic mass is 9.98. The Kier molecular flexibility index (Phi) is 9.52. The molecule has 0 spiro atoms. The lowest BCUT2D eigenvalue weighted by Crippen LogP contribution is -2.45. The summed E-state index contributed by atoms with van der Waals surface area (Å²) in [7, 11) is 0. The van der Waals surface area contributed by atoms with Crippen LogP contribution in [-0.2, 0) is 0 Å². The Morgan fingerprint density at radius 1 is 1.30 bits per heavy atom. The highest BCUT2D eigenvalue weighted by Crippen LogP contribution is 2.32. The Hall–Kier alpha value is -0.250. The molecule has 0 radical (unpaired) electrons. The molecule has 2 rings (SSSR count). The van der Waals surface area contributed by atoms with Crippen molar-refractivity contribution in [2.24, 2.45) is 0 Å². The van der Waals surface area contributed by atoms with E-state index in [-0.39, 0.29) is 24.8 Å². The maximum absolute atomic E-state index is 6.35. The van der Waals surface area contributed by atoms with Crippen LogP contribution in [0.15, 0.2) is 36.4 Å². The van der Waals surface area contributed by atoms with Gasteiger partial charge in [0.15, 0.2) is 0 Å². The van der Waals surface area contributed by atoms with Crippen LogP contribution in [0.3, 0.4) is 0 Å². The number of rotatable bonds is 4. The zero-order chi connectivity index (χ0) is 13.0. The second-order valence-electron chi connectivity index (χ2n) is 4.98. The van der Waals surface area contributed by atoms with Crippen LogP contribution >= 0.6 is 36.4 Å². The minimum atomic E-state index is 0. The van der Waals surface area contributed by atoms with Crippen molar-refractivity contribution in [1.82, 2.24) is 10.2 Å². The predicted molar refractivity (Wildman–Crippen MR) is 92.6 cm³/mol. The lowest BCUT2D eigenvalue weighted by Gasteiger charge is -2.35. The average Bonchev–Trinajstić information content (AvgIpc) is 2.38. The number of nitrogens with zero attached hydrogens (tertiary/aromatic N) is 1. The Morgan fingerprint density at radius 3 is 2.45 bits per heavy atom. The Bertz CT molecular complexity index is 417. The van der Waals surface area contributed by atoms with Gasteiger partial charge in [-0.05, 0) is 25.0 Å². The first-order valence-corrected chi connectivity index (χ1v) is 6.90. The molecule has 114 valence electrons. The van der Waals surface area contributed by atoms with Crippen LogP contribution in [0.25, 0.3) is 0 Å². The highest BCUT2D eigenvalue weighted by molar-refractivity contribution is 6.31. The monoisotopic (exact) mass is 336 g/mol. The third kappa shape index (κ3) is 5.27. The predicted octanol–water partition coefficient (Wildman–Crippen LogP) is 4.10. The fourth-order valence-corrected chi connectivity index (χ4v) is 2.77. The van der Waals surface area contributed by atoms with E-state index < -0.39 is 0 Å². The van der Waals surface area contributed by atoms with Crippen LogP contribution in [0, 0.1) is 0 Å². The van der Waals surface area contributed by atoms with Gasteiger partial charge in [0.1, 0.15) is 0 Å². The topological polar surface area (TPSA) is 15.3 Å². The summed E-state index contributed by atoms with van der Waals surface area (Å²) in [6.45, 7) is 10.4. The second-order valence-corrected chi connectivity index (χ2v) is 5.39. The Balaban J connectivity index is 0.00000180. The first-order valence-electron chi connectivity index (χ1n) is 6.52. The van der Waals surface area contributed by atoms with Gasteiger partial charge in [0.25, 0.3) is 0 Å². The molecule has 0 aromatic heterocycles. The molecule has 0 saturated carbocycles. The van der Waals surface area contributed by atoms with E-state index in [0.29, 0.717) is 6.04 Å². The van der Waals surface area contributed by atoms with Crippen molar-refractivity contribution < 1.29 is 0 Å². The molecule has 1 N–H and O–H groups in total. The van der Waals surface area contributed by atoms with Crippen molar-refractivity contribution in [2.75, 3.05) is 26.2 Å². The molecule has 1 saturated heterocycles. The highest BCUT2D eigenvalue weighted by Gasteiger charge is 2.23. The van der Waals surface area contributed by atoms with Gasteiger partial charge in [0.2, 0.25) is 0 Å². The maximum Gasteiger partial charge on any atom is 0.0453 e. The molecule has 1 aliphatic rings. The van der Waals surface area contributed by atoms with E-state index in [1.807, 2.05) is 12.1 Å². The minimum Gasteiger partial charge on any atom is -0.314 e. The van der Waals surface area contributed by atoms with E-state index in [4.69, 9.17) is 11.6 Å². The van der Waals surface area contributed by atoms with Crippen LogP contribution in [0.4, 0.5) is 0 Å². The minimum absolute atomic E-state index is 0. The SMILES string of the molecule is C=C(C)C[C@H](c1ccccc1Cl)N1CCNCC1.Cl.Cl. The highest BCUT2D eigenvalue weighted by atomic mass is 35.5. The molecule has 0 unspecified atom stereocenters. The third-order valence-electron chi connectivity index (χ3n) is 3.40. The molecule has 1 atom stereocenters. The third-order valence-corrected chi connectivity index (χ3v) is 3.74. The summed E-state index contributed by atoms with van der Waals surface area (Å²) in [6, 6.07) is 8.52. The number of halogens is 3. The zero-order valence-corrected chi connectivity index (χ0v) is 14.2. The van der Waals surface area contributed by atoms with Gasteiger partial charge in [-0.2, -0.15) is 0 Å². The maximum atomic E-state index is 6.35. The molecule has 5 heteroatoms. The summed E-state index contributed by atoms with van der Waals surface area (Å²) in [5.74, 6) is 0. The summed E-state index contributed by atoms with van der Waals surface area (Å²) in [5, 5.41) is 4.26. The summed E-state index contributed by atoms with van der Waals surface area (Å²) >= 11 is 6.35. The van der Waals surface area contributed by atoms with Gasteiger partial charge in [-0.25, -0.2) is 0 Å². The van der Waals surface area contributed by atoms with Crippen molar-refractivity contribution in [3.05, 3.63) is 47.0 Å². The molecule has 20 heavy (non-hydrogen) atoms. The quantitative estimate of drug-likeness (QED) is 0.832. The van der Waals surface area contributed by atoms with Gasteiger partial charge < -0.3 is 5.32 Å². The molecular weight excluding hydrogens is 315 g/mol. The van der Waals surface area contributed by atoms with E-state index in [2.05, 4.69) is 35.9 Å². The molecule has 0 bridgehead atoms. The summed E-state index contributed by atoms with van der Waals surface area (Å²) < 4.78 is 0. The van der Waals surface area contributed by atoms with Crippen LogP contribution in [-0.4, -0.2) is 31.1 Å². The first kappa shape index (κ1) is 19.8. The fraction of sp³-hybridized carbons (Fsp3) is 0.467. The standard InChI is InChI=1S/C15H21ClN2.2ClH/c1-12(2)11-15(18-9-7-17-8-10-18)13-5-3-4-6-14(13)16;;/h3-6,15,17H,1,7-11H2,2H3;2*1H/t15-;;/m1../s1. The van der Waals surface area contributed by atoms with E-state index in [9.17, 15) is 0 Å². The first-order chi connectivity index (χ1) is 8.68. The molecule has 1 aromatic carbocycles. The van der Waals surface area contributed by atoms with Gasteiger partial charge >= 0.3 is 0 Å². The van der Waals surface area contributed by atoms with Crippen molar-refractivity contribution in [3.63, 3.8) is 0 Å². The molecule has 1 fully saturated rings. The number of piperazine rings is 1. The van der Waals surface area contributed by atoms with Crippen molar-refractivity contribution in [1.29, 1.82) is 0 Å². The van der Waals surface area contributed by atoms with Gasteiger partial charge in [0, 0.05) is 37.2 Å². The summed E-state index contributed by atoms with van der Waals surface area (Å²) in [5.41, 5.74) is 2.43. The van der Waals surface area contributed by atoms with Crippen LogP contribution < -0.4 is 5.32 Å². The molecule has 2 nitrogen and oxygen atoms in total. The van der Waals surface area contributed by atoms with Gasteiger partial charge in [0.05, 0.1) is 0 Å². The molecule has 0 amide bonds. The fourth-order valence-electron chi connectivity index (χ4n) is 2.50. The molecular formula is C15H23Cl3N2. The van der Waals surface area contributed by atoms with E-state index >= 15 is 0 Å². The van der Waals surface area contributed by atoms with Crippen molar-refractivity contribution in [3.8, 4) is 0 Å². The van der Waals surface area contributed by atoms with Gasteiger partial charge in [-0.3, -0.25) is 4.90 Å². The average molecular weight is 338 g/mol. The Labute approximate surface area is 139 Å². The van der Waals surface area contributed by atoms with Crippen molar-refractivity contribution in [2.45, 2.75) is 19.4 Å².